The van der Waals surface area contributed by atoms with Crippen molar-refractivity contribution in [2.24, 2.45) is 10.8 Å². The van der Waals surface area contributed by atoms with E-state index in [1.165, 1.54) is 25.5 Å². The Bertz CT molecular complexity index is 854. The lowest BCUT2D eigenvalue weighted by atomic mass is 10.2. The summed E-state index contributed by atoms with van der Waals surface area (Å²) < 4.78 is 10.4. The number of anilines is 1. The molecule has 0 aromatic heterocycles. The largest absolute Gasteiger partial charge is 0.493 e. The highest BCUT2D eigenvalue weighted by molar-refractivity contribution is 6.33. The minimum Gasteiger partial charge on any atom is -0.493 e. The van der Waals surface area contributed by atoms with Gasteiger partial charge in [0.25, 0.3) is 5.91 Å². The molecule has 0 spiro atoms. The first-order valence-corrected chi connectivity index (χ1v) is 7.69. The van der Waals surface area contributed by atoms with Gasteiger partial charge in [-0.3, -0.25) is 10.2 Å². The first-order valence-electron chi connectivity index (χ1n) is 7.31. The predicted molar refractivity (Wildman–Crippen MR) is 97.3 cm³/mol. The smallest absolute Gasteiger partial charge is 0.337 e. The van der Waals surface area contributed by atoms with Gasteiger partial charge in [0.15, 0.2) is 18.1 Å². The van der Waals surface area contributed by atoms with Gasteiger partial charge in [-0.05, 0) is 42.0 Å². The lowest BCUT2D eigenvalue weighted by molar-refractivity contribution is -0.119. The third kappa shape index (κ3) is 5.12. The topological polar surface area (TPSA) is 123 Å². The molecule has 0 radical (unpaired) electrons. The fourth-order valence-corrected chi connectivity index (χ4v) is 2.17. The van der Waals surface area contributed by atoms with Crippen molar-refractivity contribution in [2.75, 3.05) is 19.1 Å². The van der Waals surface area contributed by atoms with Crippen LogP contribution in [0.4, 0.5) is 5.69 Å². The van der Waals surface area contributed by atoms with E-state index in [1.807, 2.05) is 0 Å². The number of aromatic carboxylic acids is 1. The van der Waals surface area contributed by atoms with Crippen LogP contribution in [0.25, 0.3) is 0 Å². The first kappa shape index (κ1) is 19.1. The number of carboxylic acids is 1. The summed E-state index contributed by atoms with van der Waals surface area (Å²) in [5.74, 6) is -0.950. The summed E-state index contributed by atoms with van der Waals surface area (Å²) in [6, 6.07) is 9.44. The zero-order valence-electron chi connectivity index (χ0n) is 13.7. The highest BCUT2D eigenvalue weighted by atomic mass is 35.5. The van der Waals surface area contributed by atoms with Crippen LogP contribution in [-0.2, 0) is 4.79 Å². The third-order valence-corrected chi connectivity index (χ3v) is 3.49. The number of ether oxygens (including phenoxy) is 2. The molecular weight excluding hydrogens is 362 g/mol. The summed E-state index contributed by atoms with van der Waals surface area (Å²) in [5, 5.41) is 13.2. The van der Waals surface area contributed by atoms with E-state index >= 15 is 0 Å². The van der Waals surface area contributed by atoms with Gasteiger partial charge >= 0.3 is 5.97 Å². The number of hydrazone groups is 1. The van der Waals surface area contributed by atoms with Crippen LogP contribution in [0.5, 0.6) is 11.5 Å². The van der Waals surface area contributed by atoms with Gasteiger partial charge in [-0.25, -0.2) is 4.79 Å². The van der Waals surface area contributed by atoms with E-state index in [2.05, 4.69) is 10.5 Å². The SMILES string of the molecule is COc1ccc(C=NNc2ccc(Cl)c(C(=O)O)c2)cc1OCC(N)=O. The van der Waals surface area contributed by atoms with Gasteiger partial charge < -0.3 is 20.3 Å². The molecule has 2 rings (SSSR count). The Morgan fingerprint density at radius 1 is 1.27 bits per heavy atom. The van der Waals surface area contributed by atoms with Crippen LogP contribution in [0.3, 0.4) is 0 Å². The number of carbonyl (C=O) groups excluding carboxylic acids is 1. The van der Waals surface area contributed by atoms with E-state index in [0.717, 1.165) is 0 Å². The molecule has 4 N–H and O–H groups in total. The molecule has 9 heteroatoms. The molecule has 0 heterocycles. The Kier molecular flexibility index (Phi) is 6.40. The molecule has 26 heavy (non-hydrogen) atoms. The van der Waals surface area contributed by atoms with Gasteiger partial charge in [0.1, 0.15) is 0 Å². The van der Waals surface area contributed by atoms with Crippen molar-refractivity contribution in [3.8, 4) is 11.5 Å². The number of hydrogen-bond donors (Lipinski definition) is 3. The quantitative estimate of drug-likeness (QED) is 0.479. The molecule has 2 aromatic carbocycles. The predicted octanol–water partition coefficient (Wildman–Crippen LogP) is 2.36. The van der Waals surface area contributed by atoms with Crippen molar-refractivity contribution < 1.29 is 24.2 Å². The minimum absolute atomic E-state index is 0.0292. The number of rotatable bonds is 8. The number of primary amides is 1. The lowest BCUT2D eigenvalue weighted by Gasteiger charge is -2.10. The Balaban J connectivity index is 2.12. The van der Waals surface area contributed by atoms with E-state index < -0.39 is 11.9 Å². The molecule has 0 aliphatic carbocycles. The van der Waals surface area contributed by atoms with Crippen LogP contribution < -0.4 is 20.6 Å². The average Bonchev–Trinajstić information content (AvgIpc) is 2.61. The van der Waals surface area contributed by atoms with Gasteiger partial charge in [0.05, 0.1) is 29.6 Å². The molecular formula is C17H16ClN3O5. The second-order valence-corrected chi connectivity index (χ2v) is 5.44. The summed E-state index contributed by atoms with van der Waals surface area (Å²) in [6.45, 7) is -0.280. The maximum Gasteiger partial charge on any atom is 0.337 e. The number of methoxy groups -OCH3 is 1. The number of halogens is 1. The van der Waals surface area contributed by atoms with Crippen molar-refractivity contribution in [3.63, 3.8) is 0 Å². The van der Waals surface area contributed by atoms with Crippen LogP contribution >= 0.6 is 11.6 Å². The third-order valence-electron chi connectivity index (χ3n) is 3.16. The van der Waals surface area contributed by atoms with E-state index in [1.54, 1.807) is 24.3 Å². The second-order valence-electron chi connectivity index (χ2n) is 5.04. The van der Waals surface area contributed by atoms with Crippen LogP contribution in [0, 0.1) is 0 Å². The minimum atomic E-state index is -1.13. The van der Waals surface area contributed by atoms with Gasteiger partial charge in [-0.1, -0.05) is 11.6 Å². The van der Waals surface area contributed by atoms with Crippen LogP contribution in [0.2, 0.25) is 5.02 Å². The first-order chi connectivity index (χ1) is 12.4. The normalized spacial score (nSPS) is 10.5. The number of carbonyl (C=O) groups is 2. The fourth-order valence-electron chi connectivity index (χ4n) is 1.98. The molecule has 0 fully saturated rings. The van der Waals surface area contributed by atoms with Crippen molar-refractivity contribution in [2.45, 2.75) is 0 Å². The number of nitrogens with two attached hydrogens (primary N) is 1. The summed E-state index contributed by atoms with van der Waals surface area (Å²) in [5.41, 5.74) is 8.87. The molecule has 0 atom stereocenters. The average molecular weight is 378 g/mol. The summed E-state index contributed by atoms with van der Waals surface area (Å²) in [7, 11) is 1.47. The van der Waals surface area contributed by atoms with Crippen LogP contribution in [0.15, 0.2) is 41.5 Å². The molecule has 0 bridgehead atoms. The molecule has 0 saturated heterocycles. The summed E-state index contributed by atoms with van der Waals surface area (Å²) in [4.78, 5) is 21.9. The van der Waals surface area contributed by atoms with Crippen molar-refractivity contribution in [1.29, 1.82) is 0 Å². The summed E-state index contributed by atoms with van der Waals surface area (Å²) >= 11 is 5.81. The molecule has 0 aliphatic heterocycles. The van der Waals surface area contributed by atoms with E-state index in [9.17, 15) is 9.59 Å². The van der Waals surface area contributed by atoms with Crippen molar-refractivity contribution in [1.82, 2.24) is 0 Å². The number of nitrogens with zero attached hydrogens (tertiary/aromatic N) is 1. The Morgan fingerprint density at radius 3 is 2.69 bits per heavy atom. The molecule has 2 aromatic rings. The molecule has 1 amide bonds. The van der Waals surface area contributed by atoms with Crippen LogP contribution in [0.1, 0.15) is 15.9 Å². The van der Waals surface area contributed by atoms with Gasteiger partial charge in [-0.2, -0.15) is 5.10 Å². The lowest BCUT2D eigenvalue weighted by Crippen LogP contribution is -2.20. The second kappa shape index (κ2) is 8.72. The van der Waals surface area contributed by atoms with Gasteiger partial charge in [0.2, 0.25) is 0 Å². The molecule has 0 saturated carbocycles. The highest BCUT2D eigenvalue weighted by Crippen LogP contribution is 2.27. The van der Waals surface area contributed by atoms with Crippen molar-refractivity contribution in [3.05, 3.63) is 52.5 Å². The molecule has 0 unspecified atom stereocenters. The highest BCUT2D eigenvalue weighted by Gasteiger charge is 2.09. The summed E-state index contributed by atoms with van der Waals surface area (Å²) in [6.07, 6.45) is 1.49. The van der Waals surface area contributed by atoms with E-state index in [-0.39, 0.29) is 17.2 Å². The Hall–Kier alpha value is -3.26. The molecule has 8 nitrogen and oxygen atoms in total. The number of hydrogen-bond acceptors (Lipinski definition) is 6. The van der Waals surface area contributed by atoms with Crippen molar-refractivity contribution >= 4 is 35.4 Å². The van der Waals surface area contributed by atoms with Gasteiger partial charge in [0, 0.05) is 0 Å². The standard InChI is InChI=1S/C17H16ClN3O5/c1-25-14-5-2-10(6-15(14)26-9-16(19)22)8-20-21-11-3-4-13(18)12(7-11)17(23)24/h2-8,21H,9H2,1H3,(H2,19,22)(H,23,24). The van der Waals surface area contributed by atoms with E-state index in [4.69, 9.17) is 31.9 Å². The number of benzene rings is 2. The zero-order chi connectivity index (χ0) is 19.1. The molecule has 0 aliphatic rings. The monoisotopic (exact) mass is 377 g/mol. The maximum atomic E-state index is 11.1. The number of nitrogens with one attached hydrogen (secondary N) is 1. The van der Waals surface area contributed by atoms with Gasteiger partial charge in [-0.15, -0.1) is 0 Å². The molecule has 136 valence electrons. The van der Waals surface area contributed by atoms with E-state index in [0.29, 0.717) is 22.7 Å². The van der Waals surface area contributed by atoms with Crippen LogP contribution in [-0.4, -0.2) is 36.9 Å². The Labute approximate surface area is 154 Å². The zero-order valence-corrected chi connectivity index (χ0v) is 14.5. The fraction of sp³-hybridized carbons (Fsp3) is 0.118. The Morgan fingerprint density at radius 2 is 2.04 bits per heavy atom. The number of carboxylic acid groups (broad SMARTS) is 1. The maximum absolute atomic E-state index is 11.1. The number of amides is 1.